The maximum Gasteiger partial charge on any atom is 0.220 e. The van der Waals surface area contributed by atoms with Crippen LogP contribution in [0.15, 0.2) is 168 Å². The minimum absolute atomic E-state index is 0.0273. The first-order valence-electron chi connectivity index (χ1n) is 30.2. The lowest BCUT2D eigenvalue weighted by Gasteiger charge is -2.13. The Hall–Kier alpha value is -7.90. The molecule has 0 atom stereocenters. The summed E-state index contributed by atoms with van der Waals surface area (Å²) >= 11 is 1.13. The second-order valence-corrected chi connectivity index (χ2v) is 24.5. The van der Waals surface area contributed by atoms with Gasteiger partial charge in [0.25, 0.3) is 0 Å². The van der Waals surface area contributed by atoms with E-state index in [2.05, 4.69) is 21.3 Å². The Morgan fingerprint density at radius 3 is 1.30 bits per heavy atom. The average Bonchev–Trinajstić information content (AvgIpc) is 1.91. The highest BCUT2D eigenvalue weighted by Gasteiger charge is 2.19. The van der Waals surface area contributed by atoms with Gasteiger partial charge in [-0.15, -0.1) is 0 Å². The number of nitrogens with zero attached hydrogens (tertiary/aromatic N) is 2. The standard InChI is InChI=1S/C70H80F2N4O10S2/c1-51-55(47-67(75(51)59-27-23-57(71)24-28-59)53-19-39-65(40-20-53)87-86-81-3)49-84-63-35-31-61(32-36-63)82-45-15-11-12-17-69(77)73-43-13-9-7-5-6-8-10-14-44-74-70(78)18-16-46-83-62-33-37-64(38-34-62)85-50-56-48-68(54-21-41-66(42-22-54)88(4,79)80)76(52(56)2)60-29-25-58(72)26-30-60/h19-42,47-48H,5-18,43-46,49-50H2,1-4H3,(H,73,77)(H,74,78). The quantitative estimate of drug-likeness (QED) is 0.0165. The van der Waals surface area contributed by atoms with Crippen LogP contribution in [0.25, 0.3) is 33.9 Å². The number of amides is 2. The first-order chi connectivity index (χ1) is 42.7. The number of carbonyl (C=O) groups excluding carboxylic acids is 2. The van der Waals surface area contributed by atoms with Crippen LogP contribution >= 0.6 is 12.0 Å². The summed E-state index contributed by atoms with van der Waals surface area (Å²) in [7, 11) is -1.89. The van der Waals surface area contributed by atoms with Crippen LogP contribution < -0.4 is 29.6 Å². The first kappa shape index (κ1) is 66.1. The van der Waals surface area contributed by atoms with Gasteiger partial charge in [0.15, 0.2) is 9.84 Å². The molecule has 0 fully saturated rings. The molecule has 0 bridgehead atoms. The molecule has 2 aromatic heterocycles. The van der Waals surface area contributed by atoms with E-state index in [-0.39, 0.29) is 35.0 Å². The van der Waals surface area contributed by atoms with E-state index in [4.69, 9.17) is 28.2 Å². The topological polar surface area (TPSA) is 158 Å². The number of rotatable bonds is 37. The molecule has 6 aromatic carbocycles. The van der Waals surface area contributed by atoms with Gasteiger partial charge in [-0.3, -0.25) is 9.59 Å². The molecular formula is C70H80F2N4O10S2. The van der Waals surface area contributed by atoms with Crippen molar-refractivity contribution in [1.82, 2.24) is 19.8 Å². The van der Waals surface area contributed by atoms with Gasteiger partial charge in [-0.05, 0) is 197 Å². The molecule has 0 aliphatic heterocycles. The van der Waals surface area contributed by atoms with Gasteiger partial charge in [0.05, 0.1) is 48.6 Å². The Balaban J connectivity index is 0.604. The Kier molecular flexibility index (Phi) is 25.5. The van der Waals surface area contributed by atoms with Gasteiger partial charge in [0.2, 0.25) is 11.8 Å². The predicted octanol–water partition coefficient (Wildman–Crippen LogP) is 15.8. The highest BCUT2D eigenvalue weighted by molar-refractivity contribution is 7.94. The molecule has 8 rings (SSSR count). The van der Waals surface area contributed by atoms with E-state index in [9.17, 15) is 26.8 Å². The maximum absolute atomic E-state index is 13.9. The maximum atomic E-state index is 13.9. The number of hydrogen-bond acceptors (Lipinski definition) is 11. The molecule has 0 saturated carbocycles. The number of aromatic nitrogens is 2. The zero-order valence-electron chi connectivity index (χ0n) is 50.7. The lowest BCUT2D eigenvalue weighted by atomic mass is 10.1. The van der Waals surface area contributed by atoms with Crippen LogP contribution in [0.3, 0.4) is 0 Å². The number of nitrogens with one attached hydrogen (secondary N) is 2. The van der Waals surface area contributed by atoms with E-state index >= 15 is 0 Å². The highest BCUT2D eigenvalue weighted by Crippen LogP contribution is 2.34. The second-order valence-electron chi connectivity index (χ2n) is 21.7. The molecule has 0 radical (unpaired) electrons. The molecule has 0 aliphatic carbocycles. The molecule has 0 saturated heterocycles. The Morgan fingerprint density at radius 2 is 0.864 bits per heavy atom. The van der Waals surface area contributed by atoms with Crippen LogP contribution in [0.2, 0.25) is 0 Å². The van der Waals surface area contributed by atoms with Crippen molar-refractivity contribution in [3.05, 3.63) is 192 Å². The summed E-state index contributed by atoms with van der Waals surface area (Å²) < 4.78 is 85.3. The molecule has 466 valence electrons. The lowest BCUT2D eigenvalue weighted by molar-refractivity contribution is -0.160. The first-order valence-corrected chi connectivity index (χ1v) is 32.8. The van der Waals surface area contributed by atoms with Gasteiger partial charge in [0.1, 0.15) is 47.8 Å². The van der Waals surface area contributed by atoms with Crippen molar-refractivity contribution in [3.63, 3.8) is 0 Å². The third-order valence-electron chi connectivity index (χ3n) is 15.1. The summed E-state index contributed by atoms with van der Waals surface area (Å²) in [6.45, 7) is 6.97. The molecule has 2 heterocycles. The van der Waals surface area contributed by atoms with E-state index in [1.54, 1.807) is 48.5 Å². The predicted molar refractivity (Wildman–Crippen MR) is 342 cm³/mol. The van der Waals surface area contributed by atoms with Crippen LogP contribution in [0.4, 0.5) is 8.78 Å². The minimum Gasteiger partial charge on any atom is -0.494 e. The van der Waals surface area contributed by atoms with Crippen LogP contribution in [0.5, 0.6) is 23.0 Å². The lowest BCUT2D eigenvalue weighted by Crippen LogP contribution is -2.24. The molecule has 0 unspecified atom stereocenters. The number of carbonyl (C=O) groups is 2. The number of ether oxygens (including phenoxy) is 4. The molecule has 88 heavy (non-hydrogen) atoms. The van der Waals surface area contributed by atoms with Crippen molar-refractivity contribution < 1.29 is 55.0 Å². The zero-order valence-corrected chi connectivity index (χ0v) is 52.3. The Bertz CT molecular complexity index is 3560. The van der Waals surface area contributed by atoms with Crippen LogP contribution in [0, 0.1) is 25.5 Å². The molecule has 0 spiro atoms. The van der Waals surface area contributed by atoms with Crippen LogP contribution in [-0.2, 0) is 41.9 Å². The molecule has 2 amide bonds. The zero-order chi connectivity index (χ0) is 62.1. The van der Waals surface area contributed by atoms with Gasteiger partial charge in [0, 0.05) is 71.0 Å². The second kappa shape index (κ2) is 34.0. The fraction of sp³-hybridized carbons (Fsp3) is 0.343. The fourth-order valence-corrected chi connectivity index (χ4v) is 11.2. The van der Waals surface area contributed by atoms with E-state index in [0.717, 1.165) is 143 Å². The third kappa shape index (κ3) is 20.3. The van der Waals surface area contributed by atoms with Crippen molar-refractivity contribution in [2.45, 2.75) is 127 Å². The fourth-order valence-electron chi connectivity index (χ4n) is 10.2. The van der Waals surface area contributed by atoms with Crippen LogP contribution in [0.1, 0.15) is 112 Å². The molecule has 18 heteroatoms. The largest absolute Gasteiger partial charge is 0.494 e. The third-order valence-corrected chi connectivity index (χ3v) is 16.9. The number of benzene rings is 6. The van der Waals surface area contributed by atoms with Gasteiger partial charge < -0.3 is 38.7 Å². The highest BCUT2D eigenvalue weighted by atomic mass is 32.2. The SMILES string of the molecule is COOSc1ccc(-c2cc(COc3ccc(OCCCCCC(=O)NCCCCCCCCCCNC(=O)CCCOc4ccc(OCc5cc(-c6ccc(S(C)(=O)=O)cc6)n(-c6ccc(F)cc6)c5C)cc4)cc3)c(C)n2-c2ccc(F)cc2)cc1. The van der Waals surface area contributed by atoms with Gasteiger partial charge >= 0.3 is 0 Å². The van der Waals surface area contributed by atoms with Gasteiger partial charge in [-0.2, -0.15) is 4.33 Å². The van der Waals surface area contributed by atoms with Crippen molar-refractivity contribution in [1.29, 1.82) is 0 Å². The van der Waals surface area contributed by atoms with E-state index in [0.29, 0.717) is 69.4 Å². The summed E-state index contributed by atoms with van der Waals surface area (Å²) in [5.74, 6) is 2.31. The van der Waals surface area contributed by atoms with Gasteiger partial charge in [-0.25, -0.2) is 22.1 Å². The molecular weight excluding hydrogens is 1160 g/mol. The summed E-state index contributed by atoms with van der Waals surface area (Å²) in [5.41, 5.74) is 8.99. The normalized spacial score (nSPS) is 11.4. The summed E-state index contributed by atoms with van der Waals surface area (Å²) in [6.07, 6.45) is 14.0. The number of halogens is 2. The smallest absolute Gasteiger partial charge is 0.220 e. The number of sulfone groups is 1. The molecule has 2 N–H and O–H groups in total. The summed E-state index contributed by atoms with van der Waals surface area (Å²) in [5, 5.41) is 6.11. The molecule has 8 aromatic rings. The van der Waals surface area contributed by atoms with E-state index in [1.807, 2.05) is 97.3 Å². The number of hydrogen-bond donors (Lipinski definition) is 2. The van der Waals surface area contributed by atoms with Gasteiger partial charge in [-0.1, -0.05) is 62.8 Å². The number of unbranched alkanes of at least 4 members (excludes halogenated alkanes) is 9. The van der Waals surface area contributed by atoms with Crippen molar-refractivity contribution in [2.24, 2.45) is 0 Å². The van der Waals surface area contributed by atoms with E-state index in [1.165, 1.54) is 44.1 Å². The monoisotopic (exact) mass is 1240 g/mol. The summed E-state index contributed by atoms with van der Waals surface area (Å²) in [6, 6.07) is 46.4. The average molecular weight is 1240 g/mol. The van der Waals surface area contributed by atoms with Crippen molar-refractivity contribution in [2.75, 3.05) is 39.7 Å². The molecule has 0 aliphatic rings. The van der Waals surface area contributed by atoms with Crippen molar-refractivity contribution in [3.8, 4) is 56.9 Å². The summed E-state index contributed by atoms with van der Waals surface area (Å²) in [4.78, 5) is 30.7. The Morgan fingerprint density at radius 1 is 0.477 bits per heavy atom. The van der Waals surface area contributed by atoms with Crippen molar-refractivity contribution >= 4 is 33.7 Å². The Labute approximate surface area is 520 Å². The van der Waals surface area contributed by atoms with Crippen LogP contribution in [-0.4, -0.2) is 69.0 Å². The molecule has 14 nitrogen and oxygen atoms in total. The minimum atomic E-state index is -3.36. The van der Waals surface area contributed by atoms with E-state index < -0.39 is 9.84 Å².